The normalized spacial score (nSPS) is 39.5. The molecule has 7 unspecified atom stereocenters. The summed E-state index contributed by atoms with van der Waals surface area (Å²) >= 11 is 0. The molecular weight excluding hydrogens is 673 g/mol. The van der Waals surface area contributed by atoms with Crippen molar-refractivity contribution in [2.45, 2.75) is 255 Å². The molecule has 0 saturated heterocycles. The lowest BCUT2D eigenvalue weighted by atomic mass is 9.64. The second kappa shape index (κ2) is 23.9. The molecule has 0 aromatic carbocycles. The largest absolute Gasteiger partial charge is 0.0651 e. The molecule has 0 spiro atoms. The standard InChI is InChI=1S/8C7H14/c2*1-6-4-7(2,3)5-6;2*1-6-4-5-7(6,2)3;2*1-5-4-6(2)7(5)3;1-3-7-4-6(2)5-7;1-3-7-5-4-6(7)2/h4*6H,4-5H2,1-3H3;2*5-7H,4H2,1-3H3;2*6-7H,3-5H2,1-2H3/t;;6-;;5-,6?,7?;;;/m..0.0.../s1. The van der Waals surface area contributed by atoms with Crippen molar-refractivity contribution in [1.29, 1.82) is 0 Å². The van der Waals surface area contributed by atoms with Gasteiger partial charge in [0.25, 0.3) is 0 Å². The average Bonchev–Trinajstić information content (AvgIpc) is 3.08. The van der Waals surface area contributed by atoms with Crippen LogP contribution in [0.25, 0.3) is 0 Å². The Balaban J connectivity index is 0.000000320. The van der Waals surface area contributed by atoms with Gasteiger partial charge in [-0.05, 0) is 188 Å². The maximum atomic E-state index is 2.36. The minimum absolute atomic E-state index is 0.681. The van der Waals surface area contributed by atoms with Crippen LogP contribution in [0.3, 0.4) is 0 Å². The van der Waals surface area contributed by atoms with E-state index in [1.807, 2.05) is 0 Å². The van der Waals surface area contributed by atoms with E-state index in [4.69, 9.17) is 0 Å². The molecule has 8 fully saturated rings. The van der Waals surface area contributed by atoms with Crippen molar-refractivity contribution >= 4 is 0 Å². The molecule has 0 nitrogen and oxygen atoms in total. The molecule has 0 heteroatoms. The number of rotatable bonds is 2. The molecule has 0 aliphatic heterocycles. The Morgan fingerprint density at radius 3 is 0.714 bits per heavy atom. The Kier molecular flexibility index (Phi) is 23.0. The summed E-state index contributed by atoms with van der Waals surface area (Å²) in [6.45, 7) is 51.4. The first-order valence-corrected chi connectivity index (χ1v) is 25.6. The molecule has 0 bridgehead atoms. The Morgan fingerprint density at radius 1 is 0.375 bits per heavy atom. The van der Waals surface area contributed by atoms with Gasteiger partial charge in [0.1, 0.15) is 0 Å². The Labute approximate surface area is 358 Å². The van der Waals surface area contributed by atoms with Gasteiger partial charge in [0.05, 0.1) is 0 Å². The van der Waals surface area contributed by atoms with Crippen LogP contribution in [-0.4, -0.2) is 0 Å². The highest BCUT2D eigenvalue weighted by Crippen LogP contribution is 2.47. The van der Waals surface area contributed by atoms with Crippen LogP contribution in [0.1, 0.15) is 255 Å². The summed E-state index contributed by atoms with van der Waals surface area (Å²) in [6.07, 6.45) is 23.2. The Hall–Kier alpha value is 0. The zero-order valence-corrected chi connectivity index (χ0v) is 43.4. The molecule has 8 saturated carbocycles. The van der Waals surface area contributed by atoms with Crippen LogP contribution in [0.2, 0.25) is 0 Å². The van der Waals surface area contributed by atoms with E-state index in [0.717, 1.165) is 82.9 Å². The first kappa shape index (κ1) is 54.0. The summed E-state index contributed by atoms with van der Waals surface area (Å²) in [5, 5.41) is 0. The molecule has 0 radical (unpaired) electrons. The van der Waals surface area contributed by atoms with Crippen LogP contribution in [0.4, 0.5) is 0 Å². The van der Waals surface area contributed by atoms with E-state index in [1.165, 1.54) is 103 Å². The van der Waals surface area contributed by atoms with Crippen LogP contribution in [0.15, 0.2) is 0 Å². The minimum atomic E-state index is 0.681. The van der Waals surface area contributed by atoms with Crippen molar-refractivity contribution in [2.75, 3.05) is 0 Å². The lowest BCUT2D eigenvalue weighted by molar-refractivity contribution is 0.0891. The maximum Gasteiger partial charge on any atom is -0.0328 e. The van der Waals surface area contributed by atoms with Crippen LogP contribution in [0, 0.1) is 105 Å². The first-order chi connectivity index (χ1) is 25.6. The molecule has 0 aromatic rings. The molecule has 336 valence electrons. The van der Waals surface area contributed by atoms with E-state index in [1.54, 1.807) is 0 Å². The Bertz CT molecular complexity index is 919. The molecule has 56 heavy (non-hydrogen) atoms. The van der Waals surface area contributed by atoms with Gasteiger partial charge in [0.2, 0.25) is 0 Å². The summed E-state index contributed by atoms with van der Waals surface area (Å²) in [7, 11) is 0. The van der Waals surface area contributed by atoms with E-state index < -0.39 is 0 Å². The van der Waals surface area contributed by atoms with Gasteiger partial charge in [-0.15, -0.1) is 0 Å². The third-order valence-electron chi connectivity index (χ3n) is 18.2. The van der Waals surface area contributed by atoms with Crippen molar-refractivity contribution < 1.29 is 0 Å². The summed E-state index contributed by atoms with van der Waals surface area (Å²) < 4.78 is 0. The molecule has 8 aliphatic rings. The second-order valence-corrected chi connectivity index (χ2v) is 25.9. The predicted octanol–water partition coefficient (Wildman–Crippen LogP) is 19.3. The second-order valence-electron chi connectivity index (χ2n) is 25.9. The summed E-state index contributed by atoms with van der Waals surface area (Å²) in [4.78, 5) is 0. The number of hydrogen-bond acceptors (Lipinski definition) is 0. The highest BCUT2D eigenvalue weighted by Gasteiger charge is 2.36. The molecule has 8 aliphatic carbocycles. The van der Waals surface area contributed by atoms with Gasteiger partial charge in [-0.1, -0.05) is 172 Å². The quantitative estimate of drug-likeness (QED) is 0.262. The van der Waals surface area contributed by atoms with Crippen molar-refractivity contribution in [2.24, 2.45) is 105 Å². The van der Waals surface area contributed by atoms with E-state index >= 15 is 0 Å². The predicted molar refractivity (Wildman–Crippen MR) is 257 cm³/mol. The van der Waals surface area contributed by atoms with E-state index in [9.17, 15) is 0 Å². The molecule has 0 heterocycles. The van der Waals surface area contributed by atoms with Gasteiger partial charge in [-0.3, -0.25) is 0 Å². The molecule has 0 aromatic heterocycles. The third-order valence-corrected chi connectivity index (χ3v) is 18.2. The number of hydrogen-bond donors (Lipinski definition) is 0. The highest BCUT2D eigenvalue weighted by atomic mass is 14.4. The van der Waals surface area contributed by atoms with E-state index in [2.05, 4.69) is 152 Å². The summed E-state index contributed by atoms with van der Waals surface area (Å²) in [6, 6.07) is 0. The van der Waals surface area contributed by atoms with Crippen molar-refractivity contribution in [1.82, 2.24) is 0 Å². The molecular formula is C56H112. The zero-order valence-electron chi connectivity index (χ0n) is 43.4. The topological polar surface area (TPSA) is 0 Å². The molecule has 0 amide bonds. The summed E-state index contributed by atoms with van der Waals surface area (Å²) in [5.41, 5.74) is 2.75. The summed E-state index contributed by atoms with van der Waals surface area (Å²) in [5.74, 6) is 14.3. The molecule has 9 atom stereocenters. The van der Waals surface area contributed by atoms with Gasteiger partial charge in [0, 0.05) is 0 Å². The van der Waals surface area contributed by atoms with Crippen molar-refractivity contribution in [3.05, 3.63) is 0 Å². The van der Waals surface area contributed by atoms with Gasteiger partial charge in [0.15, 0.2) is 0 Å². The van der Waals surface area contributed by atoms with Gasteiger partial charge in [-0.25, -0.2) is 0 Å². The molecule has 8 rings (SSSR count). The van der Waals surface area contributed by atoms with E-state index in [-0.39, 0.29) is 0 Å². The average molecular weight is 786 g/mol. The van der Waals surface area contributed by atoms with Crippen LogP contribution in [-0.2, 0) is 0 Å². The van der Waals surface area contributed by atoms with Gasteiger partial charge in [-0.2, -0.15) is 0 Å². The third kappa shape index (κ3) is 19.1. The smallest absolute Gasteiger partial charge is 0.0328 e. The fourth-order valence-electron chi connectivity index (χ4n) is 11.2. The minimum Gasteiger partial charge on any atom is -0.0651 e. The van der Waals surface area contributed by atoms with Crippen LogP contribution >= 0.6 is 0 Å². The van der Waals surface area contributed by atoms with Crippen LogP contribution in [0.5, 0.6) is 0 Å². The SMILES string of the molecule is CC1CC(C)(C)C1.CC1CC(C)(C)C1.CC1CC(C)C1C.CC1CCC1(C)C.CC1C[C@H](C)C1C.CCC1CC(C)C1.CCC1CCC1C.C[C@H]1CCC1(C)C. The van der Waals surface area contributed by atoms with Crippen molar-refractivity contribution in [3.8, 4) is 0 Å². The fraction of sp³-hybridized carbons (Fsp3) is 1.00. The Morgan fingerprint density at radius 2 is 0.696 bits per heavy atom. The monoisotopic (exact) mass is 785 g/mol. The fourth-order valence-corrected chi connectivity index (χ4v) is 11.2. The zero-order chi connectivity index (χ0) is 43.4. The maximum absolute atomic E-state index is 2.36. The van der Waals surface area contributed by atoms with Gasteiger partial charge < -0.3 is 0 Å². The van der Waals surface area contributed by atoms with Crippen LogP contribution < -0.4 is 0 Å². The van der Waals surface area contributed by atoms with E-state index in [0.29, 0.717) is 21.7 Å². The first-order valence-electron chi connectivity index (χ1n) is 25.6. The van der Waals surface area contributed by atoms with Crippen molar-refractivity contribution in [3.63, 3.8) is 0 Å². The highest BCUT2D eigenvalue weighted by molar-refractivity contribution is 4.87. The molecule has 0 N–H and O–H groups in total. The van der Waals surface area contributed by atoms with Gasteiger partial charge >= 0.3 is 0 Å². The lowest BCUT2D eigenvalue weighted by Crippen LogP contribution is -2.31. The lowest BCUT2D eigenvalue weighted by Gasteiger charge is -2.42.